The summed E-state index contributed by atoms with van der Waals surface area (Å²) in [6, 6.07) is 15.3. The first-order valence-electron chi connectivity index (χ1n) is 7.34. The molecule has 0 aromatic heterocycles. The van der Waals surface area contributed by atoms with Crippen LogP contribution in [-0.4, -0.2) is 16.8 Å². The lowest BCUT2D eigenvalue weighted by Gasteiger charge is -2.23. The number of hydrogen-bond donors (Lipinski definition) is 1. The highest BCUT2D eigenvalue weighted by atomic mass is 35.5. The monoisotopic (exact) mass is 339 g/mol. The summed E-state index contributed by atoms with van der Waals surface area (Å²) in [7, 11) is 0. The third-order valence-electron chi connectivity index (χ3n) is 4.11. The minimum absolute atomic E-state index is 0.135. The highest BCUT2D eigenvalue weighted by Gasteiger charge is 2.49. The average Bonchev–Trinajstić information content (AvgIpc) is 2.80. The third-order valence-corrected chi connectivity index (χ3v) is 4.44. The van der Waals surface area contributed by atoms with Gasteiger partial charge in [-0.15, -0.1) is 0 Å². The van der Waals surface area contributed by atoms with Crippen LogP contribution >= 0.6 is 11.6 Å². The Morgan fingerprint density at radius 3 is 2.46 bits per heavy atom. The van der Waals surface area contributed by atoms with Crippen molar-refractivity contribution in [2.45, 2.75) is 19.0 Å². The fraction of sp³-hybridized carbons (Fsp3) is 0.167. The van der Waals surface area contributed by atoms with E-state index in [9.17, 15) is 9.59 Å². The molecular weight excluding hydrogens is 326 g/mol. The number of carbonyl (C=O) groups excluding carboxylic acids is 2. The summed E-state index contributed by atoms with van der Waals surface area (Å²) in [6.45, 7) is 1.78. The Balaban J connectivity index is 1.89. The van der Waals surface area contributed by atoms with Crippen molar-refractivity contribution >= 4 is 23.5 Å². The van der Waals surface area contributed by atoms with Gasteiger partial charge in [-0.25, -0.2) is 4.79 Å². The van der Waals surface area contributed by atoms with Crippen LogP contribution in [0.1, 0.15) is 23.6 Å². The van der Waals surface area contributed by atoms with E-state index >= 15 is 0 Å². The number of amides is 3. The average molecular weight is 340 g/mol. The van der Waals surface area contributed by atoms with Gasteiger partial charge in [0.05, 0.1) is 18.2 Å². The molecule has 1 saturated heterocycles. The van der Waals surface area contributed by atoms with Crippen molar-refractivity contribution in [3.63, 3.8) is 0 Å². The molecule has 2 aromatic rings. The minimum Gasteiger partial charge on any atom is -0.319 e. The molecule has 3 amide bonds. The van der Waals surface area contributed by atoms with Crippen molar-refractivity contribution in [2.75, 3.05) is 0 Å². The standard InChI is InChI=1S/C18H14ClN3O2/c1-18(14-4-2-3-5-15(14)19)16(23)22(17(24)21-18)11-13-8-6-12(10-20)7-9-13/h2-9H,11H2,1H3,(H,21,24)/t18-/m1/s1. The second-order valence-corrected chi connectivity index (χ2v) is 6.14. The fourth-order valence-electron chi connectivity index (χ4n) is 2.76. The number of imide groups is 1. The van der Waals surface area contributed by atoms with E-state index in [-0.39, 0.29) is 12.5 Å². The fourth-order valence-corrected chi connectivity index (χ4v) is 3.08. The Morgan fingerprint density at radius 2 is 1.83 bits per heavy atom. The lowest BCUT2D eigenvalue weighted by molar-refractivity contribution is -0.131. The van der Waals surface area contributed by atoms with Gasteiger partial charge in [0.2, 0.25) is 0 Å². The van der Waals surface area contributed by atoms with Crippen LogP contribution in [0.25, 0.3) is 0 Å². The molecule has 1 N–H and O–H groups in total. The number of benzene rings is 2. The van der Waals surface area contributed by atoms with Gasteiger partial charge in [0.15, 0.2) is 0 Å². The normalized spacial score (nSPS) is 20.0. The Hall–Kier alpha value is -2.84. The maximum atomic E-state index is 12.8. The Labute approximate surface area is 144 Å². The van der Waals surface area contributed by atoms with E-state index in [0.29, 0.717) is 16.1 Å². The van der Waals surface area contributed by atoms with Crippen molar-refractivity contribution in [1.82, 2.24) is 10.2 Å². The second kappa shape index (κ2) is 5.99. The predicted molar refractivity (Wildman–Crippen MR) is 89.0 cm³/mol. The van der Waals surface area contributed by atoms with Crippen LogP contribution in [0.4, 0.5) is 4.79 Å². The summed E-state index contributed by atoms with van der Waals surface area (Å²) in [5, 5.41) is 12.0. The van der Waals surface area contributed by atoms with Gasteiger partial charge in [0.1, 0.15) is 5.54 Å². The number of carbonyl (C=O) groups is 2. The number of halogens is 1. The molecule has 1 aliphatic rings. The number of hydrogen-bond acceptors (Lipinski definition) is 3. The summed E-state index contributed by atoms with van der Waals surface area (Å²) < 4.78 is 0. The van der Waals surface area contributed by atoms with E-state index in [1.54, 1.807) is 55.5 Å². The van der Waals surface area contributed by atoms with Crippen molar-refractivity contribution in [1.29, 1.82) is 5.26 Å². The third kappa shape index (κ3) is 2.61. The molecule has 1 fully saturated rings. The molecule has 5 nitrogen and oxygen atoms in total. The molecular formula is C18H14ClN3O2. The number of rotatable bonds is 3. The van der Waals surface area contributed by atoms with E-state index in [1.165, 1.54) is 0 Å². The zero-order valence-corrected chi connectivity index (χ0v) is 13.7. The highest BCUT2D eigenvalue weighted by molar-refractivity contribution is 6.32. The molecule has 3 rings (SSSR count). The molecule has 1 aliphatic heterocycles. The highest BCUT2D eigenvalue weighted by Crippen LogP contribution is 2.33. The lowest BCUT2D eigenvalue weighted by atomic mass is 9.92. The van der Waals surface area contributed by atoms with Crippen LogP contribution < -0.4 is 5.32 Å². The topological polar surface area (TPSA) is 73.2 Å². The van der Waals surface area contributed by atoms with Crippen LogP contribution in [-0.2, 0) is 16.9 Å². The largest absolute Gasteiger partial charge is 0.325 e. The van der Waals surface area contributed by atoms with Gasteiger partial charge in [-0.3, -0.25) is 9.69 Å². The van der Waals surface area contributed by atoms with Gasteiger partial charge < -0.3 is 5.32 Å². The van der Waals surface area contributed by atoms with E-state index in [2.05, 4.69) is 5.32 Å². The molecule has 0 radical (unpaired) electrons. The SMILES string of the molecule is C[C@]1(c2ccccc2Cl)NC(=O)N(Cc2ccc(C#N)cc2)C1=O. The molecule has 0 aliphatic carbocycles. The first-order chi connectivity index (χ1) is 11.5. The van der Waals surface area contributed by atoms with E-state index in [1.807, 2.05) is 6.07 Å². The number of urea groups is 1. The first kappa shape index (κ1) is 16.0. The number of nitrogens with one attached hydrogen (secondary N) is 1. The van der Waals surface area contributed by atoms with E-state index < -0.39 is 11.6 Å². The number of nitriles is 1. The van der Waals surface area contributed by atoms with Crippen LogP contribution in [0.3, 0.4) is 0 Å². The molecule has 120 valence electrons. The molecule has 0 unspecified atom stereocenters. The smallest absolute Gasteiger partial charge is 0.319 e. The van der Waals surface area contributed by atoms with E-state index in [0.717, 1.165) is 10.5 Å². The van der Waals surface area contributed by atoms with Crippen LogP contribution in [0.15, 0.2) is 48.5 Å². The van der Waals surface area contributed by atoms with Crippen LogP contribution in [0.2, 0.25) is 5.02 Å². The zero-order valence-electron chi connectivity index (χ0n) is 12.9. The molecule has 1 atom stereocenters. The van der Waals surface area contributed by atoms with Gasteiger partial charge in [0.25, 0.3) is 5.91 Å². The van der Waals surface area contributed by atoms with Gasteiger partial charge in [-0.2, -0.15) is 5.26 Å². The summed E-state index contributed by atoms with van der Waals surface area (Å²) in [5.74, 6) is -0.357. The van der Waals surface area contributed by atoms with Crippen molar-refractivity contribution in [3.05, 3.63) is 70.2 Å². The maximum absolute atomic E-state index is 12.8. The molecule has 24 heavy (non-hydrogen) atoms. The predicted octanol–water partition coefficient (Wildman–Crippen LogP) is 3.18. The zero-order chi connectivity index (χ0) is 17.3. The molecule has 0 bridgehead atoms. The van der Waals surface area contributed by atoms with E-state index in [4.69, 9.17) is 16.9 Å². The Kier molecular flexibility index (Phi) is 4.00. The summed E-state index contributed by atoms with van der Waals surface area (Å²) in [5.41, 5.74) is 0.660. The summed E-state index contributed by atoms with van der Waals surface area (Å²) in [6.07, 6.45) is 0. The minimum atomic E-state index is -1.19. The molecule has 0 saturated carbocycles. The van der Waals surface area contributed by atoms with Gasteiger partial charge in [-0.05, 0) is 30.7 Å². The number of nitrogens with zero attached hydrogens (tertiary/aromatic N) is 2. The van der Waals surface area contributed by atoms with Crippen LogP contribution in [0, 0.1) is 11.3 Å². The summed E-state index contributed by atoms with van der Waals surface area (Å²) >= 11 is 6.20. The summed E-state index contributed by atoms with van der Waals surface area (Å²) in [4.78, 5) is 26.3. The van der Waals surface area contributed by atoms with Crippen molar-refractivity contribution in [2.24, 2.45) is 0 Å². The second-order valence-electron chi connectivity index (χ2n) is 5.74. The van der Waals surface area contributed by atoms with Gasteiger partial charge in [0, 0.05) is 10.6 Å². The molecule has 2 aromatic carbocycles. The van der Waals surface area contributed by atoms with Crippen molar-refractivity contribution < 1.29 is 9.59 Å². The maximum Gasteiger partial charge on any atom is 0.325 e. The Bertz CT molecular complexity index is 857. The Morgan fingerprint density at radius 1 is 1.17 bits per heavy atom. The van der Waals surface area contributed by atoms with Crippen molar-refractivity contribution in [3.8, 4) is 6.07 Å². The molecule has 6 heteroatoms. The quantitative estimate of drug-likeness (QED) is 0.873. The first-order valence-corrected chi connectivity index (χ1v) is 7.71. The van der Waals surface area contributed by atoms with Gasteiger partial charge in [-0.1, -0.05) is 41.9 Å². The molecule has 1 heterocycles. The lowest BCUT2D eigenvalue weighted by Crippen LogP contribution is -2.41. The van der Waals surface area contributed by atoms with Crippen LogP contribution in [0.5, 0.6) is 0 Å². The van der Waals surface area contributed by atoms with Gasteiger partial charge >= 0.3 is 6.03 Å². The molecule has 0 spiro atoms.